The van der Waals surface area contributed by atoms with E-state index in [0.717, 1.165) is 6.42 Å². The second-order valence-electron chi connectivity index (χ2n) is 7.43. The van der Waals surface area contributed by atoms with Gasteiger partial charge in [-0.3, -0.25) is 5.32 Å². The molecule has 0 rings (SSSR count). The van der Waals surface area contributed by atoms with Gasteiger partial charge >= 0.3 is 5.97 Å². The molecule has 0 saturated carbocycles. The average Bonchev–Trinajstić information content (AvgIpc) is 2.44. The van der Waals surface area contributed by atoms with Crippen molar-refractivity contribution in [2.45, 2.75) is 111 Å². The molecule has 0 aliphatic heterocycles. The van der Waals surface area contributed by atoms with Gasteiger partial charge < -0.3 is 4.74 Å². The van der Waals surface area contributed by atoms with E-state index >= 15 is 0 Å². The lowest BCUT2D eigenvalue weighted by Crippen LogP contribution is -2.46. The fourth-order valence-corrected chi connectivity index (χ4v) is 2.79. The van der Waals surface area contributed by atoms with Gasteiger partial charge in [-0.15, -0.1) is 17.0 Å². The van der Waals surface area contributed by atoms with Gasteiger partial charge in [-0.2, -0.15) is 0 Å². The first kappa shape index (κ1) is 25.9. The molecular formula is C20H40BrNO2. The van der Waals surface area contributed by atoms with E-state index in [1.807, 2.05) is 6.92 Å². The second-order valence-corrected chi connectivity index (χ2v) is 7.43. The minimum Gasteiger partial charge on any atom is -0.444 e. The van der Waals surface area contributed by atoms with Gasteiger partial charge in [-0.1, -0.05) is 71.3 Å². The molecule has 3 nitrogen and oxygen atoms in total. The largest absolute Gasteiger partial charge is 0.444 e. The van der Waals surface area contributed by atoms with Gasteiger partial charge in [-0.25, -0.2) is 4.79 Å². The molecule has 0 saturated heterocycles. The van der Waals surface area contributed by atoms with E-state index in [4.69, 9.17) is 4.74 Å². The number of carbonyl (C=O) groups is 1. The van der Waals surface area contributed by atoms with Gasteiger partial charge in [0.15, 0.2) is 6.23 Å². The van der Waals surface area contributed by atoms with E-state index in [-0.39, 0.29) is 34.7 Å². The Bertz CT molecular complexity index is 343. The number of nitrogens with one attached hydrogen (secondary N) is 1. The molecule has 24 heavy (non-hydrogen) atoms. The zero-order valence-electron chi connectivity index (χ0n) is 16.6. The zero-order chi connectivity index (χ0) is 17.7. The van der Waals surface area contributed by atoms with E-state index < -0.39 is 0 Å². The Morgan fingerprint density at radius 1 is 1.04 bits per heavy atom. The monoisotopic (exact) mass is 405 g/mol. The average molecular weight is 406 g/mol. The Labute approximate surface area is 160 Å². The molecule has 1 N–H and O–H groups in total. The van der Waals surface area contributed by atoms with Crippen LogP contribution in [0.1, 0.15) is 98.8 Å². The molecule has 144 valence electrons. The van der Waals surface area contributed by atoms with Crippen molar-refractivity contribution in [3.05, 3.63) is 12.2 Å². The Hall–Kier alpha value is -0.350. The zero-order valence-corrected chi connectivity index (χ0v) is 18.3. The van der Waals surface area contributed by atoms with Crippen molar-refractivity contribution in [2.24, 2.45) is 0 Å². The highest BCUT2D eigenvalue weighted by Gasteiger charge is 2.21. The summed E-state index contributed by atoms with van der Waals surface area (Å²) in [5.74, 6) is -0.330. The van der Waals surface area contributed by atoms with Crippen molar-refractivity contribution in [1.82, 2.24) is 5.32 Å². The highest BCUT2D eigenvalue weighted by atomic mass is 79.9. The van der Waals surface area contributed by atoms with Crippen molar-refractivity contribution < 1.29 is 9.53 Å². The van der Waals surface area contributed by atoms with Crippen molar-refractivity contribution in [1.29, 1.82) is 0 Å². The van der Waals surface area contributed by atoms with Crippen LogP contribution in [-0.2, 0) is 9.53 Å². The van der Waals surface area contributed by atoms with Gasteiger partial charge in [0.1, 0.15) is 0 Å². The van der Waals surface area contributed by atoms with Crippen LogP contribution in [0.25, 0.3) is 0 Å². The van der Waals surface area contributed by atoms with Crippen LogP contribution in [0.5, 0.6) is 0 Å². The third-order valence-corrected chi connectivity index (χ3v) is 4.13. The summed E-state index contributed by atoms with van der Waals surface area (Å²) in [4.78, 5) is 11.5. The van der Waals surface area contributed by atoms with Crippen LogP contribution in [0.2, 0.25) is 0 Å². The molecule has 0 aliphatic carbocycles. The Morgan fingerprint density at radius 2 is 1.50 bits per heavy atom. The van der Waals surface area contributed by atoms with Gasteiger partial charge in [0.2, 0.25) is 0 Å². The fraction of sp³-hybridized carbons (Fsp3) is 0.850. The molecule has 0 bridgehead atoms. The maximum absolute atomic E-state index is 11.5. The van der Waals surface area contributed by atoms with Crippen molar-refractivity contribution in [3.8, 4) is 0 Å². The summed E-state index contributed by atoms with van der Waals surface area (Å²) in [5.41, 5.74) is 0.422. The number of hydrogen-bond donors (Lipinski definition) is 1. The summed E-state index contributed by atoms with van der Waals surface area (Å²) in [7, 11) is 0. The van der Waals surface area contributed by atoms with Gasteiger partial charge in [-0.05, 0) is 34.1 Å². The van der Waals surface area contributed by atoms with Crippen LogP contribution in [0.4, 0.5) is 0 Å². The number of unbranched alkanes of at least 4 members (excludes halogenated alkanes) is 8. The SMILES string of the molecule is Br.C=C(C)C(=O)OC(C)NC(C)(C)CCCCCCCCCCC. The fourth-order valence-electron chi connectivity index (χ4n) is 2.79. The topological polar surface area (TPSA) is 38.3 Å². The summed E-state index contributed by atoms with van der Waals surface area (Å²) in [6, 6.07) is 0. The standard InChI is InChI=1S/C20H39NO2.BrH/c1-7-8-9-10-11-12-13-14-15-16-20(5,6)21-18(4)23-19(22)17(2)3;/h18,21H,2,7-16H2,1,3-6H3;1H. The lowest BCUT2D eigenvalue weighted by molar-refractivity contribution is -0.145. The molecule has 0 spiro atoms. The van der Waals surface area contributed by atoms with Crippen LogP contribution in [-0.4, -0.2) is 17.7 Å². The minimum atomic E-state index is -0.330. The normalized spacial score (nSPS) is 12.4. The predicted molar refractivity (Wildman–Crippen MR) is 110 cm³/mol. The van der Waals surface area contributed by atoms with Crippen LogP contribution in [0.3, 0.4) is 0 Å². The molecule has 1 atom stereocenters. The molecule has 0 aliphatic rings. The minimum absolute atomic E-state index is 0. The van der Waals surface area contributed by atoms with Crippen LogP contribution >= 0.6 is 17.0 Å². The highest BCUT2D eigenvalue weighted by molar-refractivity contribution is 8.93. The van der Waals surface area contributed by atoms with E-state index in [1.165, 1.54) is 57.8 Å². The van der Waals surface area contributed by atoms with E-state index in [1.54, 1.807) is 6.92 Å². The van der Waals surface area contributed by atoms with E-state index in [9.17, 15) is 4.79 Å². The van der Waals surface area contributed by atoms with Crippen molar-refractivity contribution in [3.63, 3.8) is 0 Å². The maximum Gasteiger partial charge on any atom is 0.334 e. The first-order chi connectivity index (χ1) is 10.8. The molecule has 0 aromatic carbocycles. The van der Waals surface area contributed by atoms with E-state index in [2.05, 4.69) is 32.7 Å². The van der Waals surface area contributed by atoms with Gasteiger partial charge in [0.05, 0.1) is 0 Å². The third-order valence-electron chi connectivity index (χ3n) is 4.13. The Morgan fingerprint density at radius 3 is 1.96 bits per heavy atom. The lowest BCUT2D eigenvalue weighted by atomic mass is 9.95. The first-order valence-corrected chi connectivity index (χ1v) is 9.42. The number of carbonyl (C=O) groups excluding carboxylic acids is 1. The van der Waals surface area contributed by atoms with Gasteiger partial charge in [0, 0.05) is 11.1 Å². The highest BCUT2D eigenvalue weighted by Crippen LogP contribution is 2.17. The van der Waals surface area contributed by atoms with Crippen molar-refractivity contribution >= 4 is 23.0 Å². The maximum atomic E-state index is 11.5. The van der Waals surface area contributed by atoms with Crippen LogP contribution < -0.4 is 5.32 Å². The summed E-state index contributed by atoms with van der Waals surface area (Å²) in [6.07, 6.45) is 12.9. The molecule has 0 amide bonds. The molecule has 1 unspecified atom stereocenters. The molecule has 0 heterocycles. The third kappa shape index (κ3) is 15.2. The van der Waals surface area contributed by atoms with Crippen LogP contribution in [0, 0.1) is 0 Å². The van der Waals surface area contributed by atoms with Gasteiger partial charge in [0.25, 0.3) is 0 Å². The smallest absolute Gasteiger partial charge is 0.334 e. The molecule has 0 aromatic heterocycles. The first-order valence-electron chi connectivity index (χ1n) is 9.42. The molecular weight excluding hydrogens is 366 g/mol. The van der Waals surface area contributed by atoms with E-state index in [0.29, 0.717) is 5.57 Å². The summed E-state index contributed by atoms with van der Waals surface area (Å²) in [6.45, 7) is 13.7. The Balaban J connectivity index is 0. The summed E-state index contributed by atoms with van der Waals surface area (Å²) >= 11 is 0. The molecule has 0 radical (unpaired) electrons. The number of ether oxygens (including phenoxy) is 1. The summed E-state index contributed by atoms with van der Waals surface area (Å²) < 4.78 is 5.29. The number of hydrogen-bond acceptors (Lipinski definition) is 3. The quantitative estimate of drug-likeness (QED) is 0.159. The van der Waals surface area contributed by atoms with Crippen LogP contribution in [0.15, 0.2) is 12.2 Å². The molecule has 0 fully saturated rings. The van der Waals surface area contributed by atoms with Crippen molar-refractivity contribution in [2.75, 3.05) is 0 Å². The second kappa shape index (κ2) is 14.9. The predicted octanol–water partition coefficient (Wildman–Crippen LogP) is 6.32. The Kier molecular flexibility index (Phi) is 16.1. The number of halogens is 1. The molecule has 4 heteroatoms. The summed E-state index contributed by atoms with van der Waals surface area (Å²) in [5, 5.41) is 3.38. The lowest BCUT2D eigenvalue weighted by Gasteiger charge is -2.30. The number of esters is 1. The molecule has 0 aromatic rings. The number of rotatable bonds is 14.